The third-order valence-electron chi connectivity index (χ3n) is 9.72. The molecule has 50 heavy (non-hydrogen) atoms. The third kappa shape index (κ3) is 5.83. The number of likely N-dealkylation sites (tertiary alicyclic amines) is 1. The highest BCUT2D eigenvalue weighted by molar-refractivity contribution is 6.14. The molecule has 2 aliphatic heterocycles. The molecule has 0 bridgehead atoms. The fourth-order valence-electron chi connectivity index (χ4n) is 6.90. The fraction of sp³-hybridized carbons (Fsp3) is 0.333. The first-order valence-corrected chi connectivity index (χ1v) is 16.7. The van der Waals surface area contributed by atoms with Gasteiger partial charge in [0, 0.05) is 50.3 Å². The first-order chi connectivity index (χ1) is 24.2. The van der Waals surface area contributed by atoms with Gasteiger partial charge in [-0.25, -0.2) is 9.97 Å². The molecular formula is C36H38BN9O4. The predicted octanol–water partition coefficient (Wildman–Crippen LogP) is 3.98. The second-order valence-electron chi connectivity index (χ2n) is 13.0. The van der Waals surface area contributed by atoms with E-state index in [1.807, 2.05) is 30.1 Å². The molecule has 2 atom stereocenters. The van der Waals surface area contributed by atoms with Gasteiger partial charge in [-0.15, -0.1) is 0 Å². The number of carbonyl (C=O) groups is 3. The molecule has 1 aromatic carbocycles. The number of hydrogen-bond donors (Lipinski definition) is 4. The second-order valence-corrected chi connectivity index (χ2v) is 13.0. The number of benzene rings is 1. The Kier molecular flexibility index (Phi) is 8.74. The van der Waals surface area contributed by atoms with Gasteiger partial charge < -0.3 is 26.0 Å². The molecular weight excluding hydrogens is 633 g/mol. The molecule has 4 N–H and O–H groups in total. The normalized spacial score (nSPS) is 18.5. The Bertz CT molecular complexity index is 2000. The number of amides is 1. The lowest BCUT2D eigenvalue weighted by Gasteiger charge is -2.49. The predicted molar refractivity (Wildman–Crippen MR) is 191 cm³/mol. The standard InChI is InChI=1S/C36H38BN9O4/c1-4-30-34-25(16-39-46(34)23-17-45(18-23)36(37,50)31-10-5-7-22(19-47)40-31)24-8-6-9-28(33(24)44(30)3)41-29-15-32(43-35(49)21-11-12-21)42-27(13-14-38-2)26(29)20-48/h5-10,13-16,19-21,23,30,38,50H,4,11-12,17-18H2,1-3H3,(H2,41,42,43,49)/b14-13-. The van der Waals surface area contributed by atoms with Gasteiger partial charge in [-0.2, -0.15) is 5.10 Å². The Morgan fingerprint density at radius 1 is 1.08 bits per heavy atom. The van der Waals surface area contributed by atoms with Crippen molar-refractivity contribution in [2.75, 3.05) is 42.7 Å². The topological polar surface area (TPSA) is 158 Å². The van der Waals surface area contributed by atoms with E-state index in [1.54, 1.807) is 48.5 Å². The zero-order chi connectivity index (χ0) is 35.2. The molecule has 3 aromatic heterocycles. The number of para-hydroxylation sites is 1. The number of pyridine rings is 2. The van der Waals surface area contributed by atoms with E-state index in [2.05, 4.69) is 43.8 Å². The summed E-state index contributed by atoms with van der Waals surface area (Å²) in [6.45, 7) is 3.00. The van der Waals surface area contributed by atoms with Crippen LogP contribution in [0.1, 0.15) is 76.2 Å². The molecule has 1 saturated carbocycles. The van der Waals surface area contributed by atoms with E-state index in [4.69, 9.17) is 12.9 Å². The number of rotatable bonds is 12. The van der Waals surface area contributed by atoms with Crippen LogP contribution in [0.3, 0.4) is 0 Å². The number of anilines is 4. The highest BCUT2D eigenvalue weighted by atomic mass is 16.3. The van der Waals surface area contributed by atoms with Crippen molar-refractivity contribution in [1.82, 2.24) is 30.0 Å². The van der Waals surface area contributed by atoms with Crippen LogP contribution in [0.25, 0.3) is 17.2 Å². The SMILES string of the molecule is [B]C(O)(c1cccc(C=O)n1)N1CC(n2ncc3c2C(CC)N(C)c2c(Nc4cc(NC(=O)C5CC5)nc(/C=C\NC)c4C=O)cccc2-3)C1. The van der Waals surface area contributed by atoms with Crippen LogP contribution in [0.15, 0.2) is 54.9 Å². The van der Waals surface area contributed by atoms with Crippen molar-refractivity contribution in [3.05, 3.63) is 83.2 Å². The molecule has 7 rings (SSSR count). The smallest absolute Gasteiger partial charge is 0.228 e. The van der Waals surface area contributed by atoms with Gasteiger partial charge in [-0.05, 0) is 49.7 Å². The second kappa shape index (κ2) is 13.2. The number of carbonyl (C=O) groups excluding carboxylic acids is 3. The van der Waals surface area contributed by atoms with Crippen molar-refractivity contribution < 1.29 is 19.5 Å². The van der Waals surface area contributed by atoms with Crippen molar-refractivity contribution in [3.63, 3.8) is 0 Å². The van der Waals surface area contributed by atoms with Crippen molar-refractivity contribution >= 4 is 55.3 Å². The summed E-state index contributed by atoms with van der Waals surface area (Å²) < 4.78 is 2.04. The third-order valence-corrected chi connectivity index (χ3v) is 9.72. The van der Waals surface area contributed by atoms with Gasteiger partial charge in [0.1, 0.15) is 25.0 Å². The van der Waals surface area contributed by atoms with Crippen molar-refractivity contribution in [2.45, 2.75) is 43.9 Å². The van der Waals surface area contributed by atoms with E-state index in [9.17, 15) is 19.5 Å². The number of aldehydes is 2. The van der Waals surface area contributed by atoms with Crippen LogP contribution in [-0.4, -0.2) is 83.3 Å². The molecule has 0 spiro atoms. The van der Waals surface area contributed by atoms with Crippen molar-refractivity contribution in [3.8, 4) is 11.1 Å². The zero-order valence-corrected chi connectivity index (χ0v) is 28.1. The molecule has 14 heteroatoms. The number of nitrogens with one attached hydrogen (secondary N) is 3. The zero-order valence-electron chi connectivity index (χ0n) is 28.1. The number of fused-ring (bicyclic) bond motifs is 3. The van der Waals surface area contributed by atoms with E-state index in [0.717, 1.165) is 53.7 Å². The molecule has 3 aliphatic rings. The van der Waals surface area contributed by atoms with Gasteiger partial charge in [0.2, 0.25) is 5.91 Å². The Morgan fingerprint density at radius 2 is 1.86 bits per heavy atom. The molecule has 4 aromatic rings. The summed E-state index contributed by atoms with van der Waals surface area (Å²) in [5, 5.41) is 25.4. The Balaban J connectivity index is 1.21. The van der Waals surface area contributed by atoms with Gasteiger partial charge >= 0.3 is 0 Å². The maximum Gasteiger partial charge on any atom is 0.228 e. The van der Waals surface area contributed by atoms with Gasteiger partial charge in [0.15, 0.2) is 12.6 Å². The first-order valence-electron chi connectivity index (χ1n) is 16.7. The summed E-state index contributed by atoms with van der Waals surface area (Å²) >= 11 is 0. The quantitative estimate of drug-likeness (QED) is 0.128. The minimum Gasteiger partial charge on any atom is -0.394 e. The lowest BCUT2D eigenvalue weighted by atomic mass is 9.82. The number of nitrogens with zero attached hydrogens (tertiary/aromatic N) is 6. The average molecular weight is 672 g/mol. The molecule has 1 amide bonds. The summed E-state index contributed by atoms with van der Waals surface area (Å²) in [7, 11) is 10.2. The molecule has 2 fully saturated rings. The van der Waals surface area contributed by atoms with E-state index in [1.165, 1.54) is 0 Å². The van der Waals surface area contributed by atoms with E-state index >= 15 is 0 Å². The van der Waals surface area contributed by atoms with Crippen LogP contribution in [-0.2, 0) is 10.4 Å². The summed E-state index contributed by atoms with van der Waals surface area (Å²) in [6.07, 6.45) is 9.17. The van der Waals surface area contributed by atoms with Gasteiger partial charge in [0.25, 0.3) is 0 Å². The lowest BCUT2D eigenvalue weighted by molar-refractivity contribution is -0.117. The molecule has 2 radical (unpaired) electrons. The van der Waals surface area contributed by atoms with E-state index < -0.39 is 5.62 Å². The molecule has 5 heterocycles. The summed E-state index contributed by atoms with van der Waals surface area (Å²) in [4.78, 5) is 49.1. The molecule has 1 saturated heterocycles. The molecule has 1 aliphatic carbocycles. The van der Waals surface area contributed by atoms with E-state index in [0.29, 0.717) is 42.1 Å². The van der Waals surface area contributed by atoms with Gasteiger partial charge in [0.05, 0.1) is 58.0 Å². The lowest BCUT2D eigenvalue weighted by Crippen LogP contribution is -2.59. The number of hydrogen-bond acceptors (Lipinski definition) is 11. The van der Waals surface area contributed by atoms with Crippen molar-refractivity contribution in [2.24, 2.45) is 5.92 Å². The van der Waals surface area contributed by atoms with Crippen LogP contribution in [0.4, 0.5) is 22.9 Å². The number of aromatic nitrogens is 4. The van der Waals surface area contributed by atoms with Gasteiger partial charge in [-0.3, -0.25) is 24.0 Å². The highest BCUT2D eigenvalue weighted by Crippen LogP contribution is 2.50. The maximum atomic E-state index is 12.7. The maximum absolute atomic E-state index is 12.7. The Labute approximate surface area is 291 Å². The van der Waals surface area contributed by atoms with Crippen LogP contribution in [0.5, 0.6) is 0 Å². The van der Waals surface area contributed by atoms with Crippen LogP contribution >= 0.6 is 0 Å². The monoisotopic (exact) mass is 671 g/mol. The minimum absolute atomic E-state index is 0.00636. The molecule has 254 valence electrons. The Morgan fingerprint density at radius 3 is 2.56 bits per heavy atom. The van der Waals surface area contributed by atoms with Gasteiger partial charge in [-0.1, -0.05) is 25.1 Å². The highest BCUT2D eigenvalue weighted by Gasteiger charge is 2.44. The van der Waals surface area contributed by atoms with Crippen LogP contribution < -0.4 is 20.9 Å². The van der Waals surface area contributed by atoms with Crippen LogP contribution in [0.2, 0.25) is 0 Å². The molecule has 13 nitrogen and oxygen atoms in total. The minimum atomic E-state index is -1.84. The summed E-state index contributed by atoms with van der Waals surface area (Å²) in [5.41, 5.74) is 4.63. The Hall–Kier alpha value is -5.34. The molecule has 2 unspecified atom stereocenters. The summed E-state index contributed by atoms with van der Waals surface area (Å²) in [5.74, 6) is 0.283. The van der Waals surface area contributed by atoms with Crippen LogP contribution in [0, 0.1) is 5.92 Å². The number of aliphatic hydroxyl groups is 1. The summed E-state index contributed by atoms with van der Waals surface area (Å²) in [6, 6.07) is 12.4. The van der Waals surface area contributed by atoms with E-state index in [-0.39, 0.29) is 35.3 Å². The largest absolute Gasteiger partial charge is 0.394 e. The first kappa shape index (κ1) is 33.2. The average Bonchev–Trinajstić information content (AvgIpc) is 3.87. The fourth-order valence-corrected chi connectivity index (χ4v) is 6.90. The van der Waals surface area contributed by atoms with Crippen molar-refractivity contribution in [1.29, 1.82) is 0 Å².